The molecule has 5 heteroatoms. The molecule has 0 spiro atoms. The van der Waals surface area contributed by atoms with Gasteiger partial charge >= 0.3 is 0 Å². The van der Waals surface area contributed by atoms with Crippen LogP contribution in [0.2, 0.25) is 0 Å². The number of rotatable bonds is 2. The van der Waals surface area contributed by atoms with Gasteiger partial charge in [-0.1, -0.05) is 36.4 Å². The minimum atomic E-state index is 1.37. The van der Waals surface area contributed by atoms with Crippen molar-refractivity contribution >= 4 is 95.7 Å². The van der Waals surface area contributed by atoms with Crippen LogP contribution in [0.4, 0.5) is 0 Å². The highest BCUT2D eigenvalue weighted by molar-refractivity contribution is 7.36. The van der Waals surface area contributed by atoms with Crippen molar-refractivity contribution < 1.29 is 0 Å². The smallest absolute Gasteiger partial charge is 0.0536 e. The van der Waals surface area contributed by atoms with Gasteiger partial charge in [-0.05, 0) is 36.4 Å². The molecule has 0 fully saturated rings. The predicted molar refractivity (Wildman–Crippen MR) is 137 cm³/mol. The summed E-state index contributed by atoms with van der Waals surface area (Å²) in [6.07, 6.45) is 0. The number of thiophene rings is 5. The Morgan fingerprint density at radius 2 is 0.862 bits per heavy atom. The minimum absolute atomic E-state index is 1.37. The summed E-state index contributed by atoms with van der Waals surface area (Å²) < 4.78 is 8.45. The fraction of sp³-hybridized carbons (Fsp3) is 0. The van der Waals surface area contributed by atoms with Gasteiger partial charge < -0.3 is 0 Å². The lowest BCUT2D eigenvalue weighted by molar-refractivity contribution is 1.87. The monoisotopic (exact) mass is 460 g/mol. The first-order valence-electron chi connectivity index (χ1n) is 9.26. The molecule has 0 unspecified atom stereocenters. The maximum atomic E-state index is 2.38. The molecule has 0 amide bonds. The first-order chi connectivity index (χ1) is 14.3. The van der Waals surface area contributed by atoms with Crippen LogP contribution in [0.3, 0.4) is 0 Å². The first-order valence-corrected chi connectivity index (χ1v) is 13.3. The van der Waals surface area contributed by atoms with Crippen molar-refractivity contribution in [3.63, 3.8) is 0 Å². The SMILES string of the molecule is c1ccc2c(c1)sc1cc(-c3ccc(-c4cc5sc6ccccc6c5s4)s3)sc12. The standard InChI is InChI=1S/C24H12S5/c1-3-7-15-13(5-1)23-21(25-15)11-19(28-23)17-9-10-18(27-17)20-12-22-24(29-20)14-6-2-4-8-16(14)26-22/h1-12H. The number of hydrogen-bond donors (Lipinski definition) is 0. The molecule has 0 saturated carbocycles. The number of benzene rings is 2. The Hall–Kier alpha value is -2.02. The fourth-order valence-electron chi connectivity index (χ4n) is 3.84. The Morgan fingerprint density at radius 3 is 1.38 bits per heavy atom. The largest absolute Gasteiger partial charge is 0.134 e. The van der Waals surface area contributed by atoms with E-state index < -0.39 is 0 Å². The Labute approximate surface area is 186 Å². The Kier molecular flexibility index (Phi) is 3.60. The molecular weight excluding hydrogens is 449 g/mol. The van der Waals surface area contributed by atoms with Crippen LogP contribution in [0, 0.1) is 0 Å². The molecule has 0 aliphatic carbocycles. The highest BCUT2D eigenvalue weighted by Crippen LogP contribution is 2.48. The van der Waals surface area contributed by atoms with Crippen LogP contribution >= 0.6 is 56.7 Å². The second-order valence-corrected chi connectivity index (χ2v) is 12.3. The van der Waals surface area contributed by atoms with Gasteiger partial charge in [0, 0.05) is 49.1 Å². The van der Waals surface area contributed by atoms with Crippen LogP contribution in [0.15, 0.2) is 72.8 Å². The molecule has 7 aromatic rings. The lowest BCUT2D eigenvalue weighted by Crippen LogP contribution is -1.60. The third kappa shape index (κ3) is 2.52. The van der Waals surface area contributed by atoms with E-state index in [1.54, 1.807) is 0 Å². The van der Waals surface area contributed by atoms with Gasteiger partial charge in [0.2, 0.25) is 0 Å². The van der Waals surface area contributed by atoms with E-state index in [2.05, 4.69) is 72.8 Å². The van der Waals surface area contributed by atoms with E-state index in [1.165, 1.54) is 58.5 Å². The van der Waals surface area contributed by atoms with E-state index in [0.29, 0.717) is 0 Å². The maximum Gasteiger partial charge on any atom is 0.0536 e. The average molecular weight is 461 g/mol. The van der Waals surface area contributed by atoms with Crippen molar-refractivity contribution in [2.75, 3.05) is 0 Å². The number of fused-ring (bicyclic) bond motifs is 6. The molecule has 7 rings (SSSR count). The van der Waals surface area contributed by atoms with E-state index in [0.717, 1.165) is 0 Å². The molecule has 0 nitrogen and oxygen atoms in total. The quantitative estimate of drug-likeness (QED) is 0.241. The highest BCUT2D eigenvalue weighted by Gasteiger charge is 2.15. The summed E-state index contributed by atoms with van der Waals surface area (Å²) in [6.45, 7) is 0. The van der Waals surface area contributed by atoms with E-state index in [-0.39, 0.29) is 0 Å². The molecular formula is C24H12S5. The van der Waals surface area contributed by atoms with E-state index in [1.807, 2.05) is 56.7 Å². The van der Waals surface area contributed by atoms with Crippen molar-refractivity contribution in [3.05, 3.63) is 72.8 Å². The highest BCUT2D eigenvalue weighted by atomic mass is 32.1. The van der Waals surface area contributed by atoms with E-state index in [9.17, 15) is 0 Å². The van der Waals surface area contributed by atoms with Gasteiger partial charge in [-0.2, -0.15) is 0 Å². The third-order valence-electron chi connectivity index (χ3n) is 5.19. The zero-order valence-corrected chi connectivity index (χ0v) is 19.1. The summed E-state index contributed by atoms with van der Waals surface area (Å²) >= 11 is 9.59. The summed E-state index contributed by atoms with van der Waals surface area (Å²) in [5.74, 6) is 0. The van der Waals surface area contributed by atoms with Crippen LogP contribution in [0.5, 0.6) is 0 Å². The van der Waals surface area contributed by atoms with Crippen LogP contribution in [-0.2, 0) is 0 Å². The minimum Gasteiger partial charge on any atom is -0.134 e. The van der Waals surface area contributed by atoms with Gasteiger partial charge in [0.15, 0.2) is 0 Å². The molecule has 0 aliphatic rings. The second kappa shape index (κ2) is 6.24. The van der Waals surface area contributed by atoms with Gasteiger partial charge in [-0.15, -0.1) is 56.7 Å². The lowest BCUT2D eigenvalue weighted by atomic mass is 10.2. The molecule has 2 aromatic carbocycles. The Morgan fingerprint density at radius 1 is 0.379 bits per heavy atom. The number of hydrogen-bond acceptors (Lipinski definition) is 5. The van der Waals surface area contributed by atoms with Gasteiger partial charge in [-0.3, -0.25) is 0 Å². The first kappa shape index (κ1) is 16.7. The van der Waals surface area contributed by atoms with E-state index >= 15 is 0 Å². The predicted octanol–water partition coefficient (Wildman–Crippen LogP) is 9.94. The second-order valence-electron chi connectivity index (χ2n) is 6.97. The van der Waals surface area contributed by atoms with Gasteiger partial charge in [-0.25, -0.2) is 0 Å². The molecule has 0 atom stereocenters. The molecule has 0 aliphatic heterocycles. The van der Waals surface area contributed by atoms with E-state index in [4.69, 9.17) is 0 Å². The van der Waals surface area contributed by atoms with Crippen molar-refractivity contribution in [1.82, 2.24) is 0 Å². The van der Waals surface area contributed by atoms with Crippen LogP contribution in [-0.4, -0.2) is 0 Å². The van der Waals surface area contributed by atoms with Crippen LogP contribution in [0.25, 0.3) is 58.5 Å². The normalized spacial score (nSPS) is 12.1. The summed E-state index contributed by atoms with van der Waals surface area (Å²) in [4.78, 5) is 5.52. The molecule has 0 radical (unpaired) electrons. The molecule has 138 valence electrons. The molecule has 5 aromatic heterocycles. The van der Waals surface area contributed by atoms with Crippen molar-refractivity contribution in [2.45, 2.75) is 0 Å². The fourth-order valence-corrected chi connectivity index (χ4v) is 10.1. The molecule has 0 N–H and O–H groups in total. The zero-order valence-electron chi connectivity index (χ0n) is 15.0. The maximum absolute atomic E-state index is 2.38. The summed E-state index contributed by atoms with van der Waals surface area (Å²) in [5, 5.41) is 2.79. The van der Waals surface area contributed by atoms with Crippen LogP contribution < -0.4 is 0 Å². The Balaban J connectivity index is 1.32. The van der Waals surface area contributed by atoms with Crippen molar-refractivity contribution in [3.8, 4) is 19.5 Å². The third-order valence-corrected chi connectivity index (χ3v) is 11.5. The molecule has 29 heavy (non-hydrogen) atoms. The van der Waals surface area contributed by atoms with Gasteiger partial charge in [0.25, 0.3) is 0 Å². The summed E-state index contributed by atoms with van der Waals surface area (Å²) in [7, 11) is 0. The van der Waals surface area contributed by atoms with Gasteiger partial charge in [0.05, 0.1) is 9.40 Å². The van der Waals surface area contributed by atoms with Gasteiger partial charge in [0.1, 0.15) is 0 Å². The Bertz CT molecular complexity index is 1540. The zero-order chi connectivity index (χ0) is 18.9. The van der Waals surface area contributed by atoms with Crippen LogP contribution in [0.1, 0.15) is 0 Å². The average Bonchev–Trinajstić information content (AvgIpc) is 3.51. The topological polar surface area (TPSA) is 0 Å². The molecule has 5 heterocycles. The summed E-state index contributed by atoms with van der Waals surface area (Å²) in [5.41, 5.74) is 0. The summed E-state index contributed by atoms with van der Waals surface area (Å²) in [6, 6.07) is 26.8. The van der Waals surface area contributed by atoms with Crippen molar-refractivity contribution in [1.29, 1.82) is 0 Å². The molecule has 0 saturated heterocycles. The molecule has 0 bridgehead atoms. The van der Waals surface area contributed by atoms with Crippen molar-refractivity contribution in [2.24, 2.45) is 0 Å². The lowest BCUT2D eigenvalue weighted by Gasteiger charge is -1.92.